The predicted octanol–water partition coefficient (Wildman–Crippen LogP) is 2.83. The minimum absolute atomic E-state index is 0.0614. The van der Waals surface area contributed by atoms with Crippen LogP contribution in [0.3, 0.4) is 0 Å². The van der Waals surface area contributed by atoms with Crippen LogP contribution in [0.15, 0.2) is 12.3 Å². The number of hydrogen-bond donors (Lipinski definition) is 1. The van der Waals surface area contributed by atoms with Crippen molar-refractivity contribution < 1.29 is 13.6 Å². The quantitative estimate of drug-likeness (QED) is 0.923. The molecule has 1 N–H and O–H groups in total. The summed E-state index contributed by atoms with van der Waals surface area (Å²) in [6.07, 6.45) is 7.46. The van der Waals surface area contributed by atoms with Crippen molar-refractivity contribution >= 4 is 5.91 Å². The minimum atomic E-state index is -2.70. The van der Waals surface area contributed by atoms with Gasteiger partial charge in [-0.2, -0.15) is 13.9 Å². The molecular formula is C14H19F2N3O. The lowest BCUT2D eigenvalue weighted by molar-refractivity contribution is 0.0559. The second-order valence-corrected chi connectivity index (χ2v) is 5.86. The van der Waals surface area contributed by atoms with E-state index in [1.807, 2.05) is 0 Å². The Bertz CT molecular complexity index is 489. The fourth-order valence-electron chi connectivity index (χ4n) is 3.82. The highest BCUT2D eigenvalue weighted by Gasteiger charge is 2.38. The molecular weight excluding hydrogens is 264 g/mol. The molecule has 2 saturated carbocycles. The first kappa shape index (κ1) is 13.5. The molecule has 3 atom stereocenters. The van der Waals surface area contributed by atoms with E-state index in [1.54, 1.807) is 0 Å². The van der Waals surface area contributed by atoms with Crippen LogP contribution >= 0.6 is 0 Å². The van der Waals surface area contributed by atoms with Crippen molar-refractivity contribution in [3.63, 3.8) is 0 Å². The molecule has 0 saturated heterocycles. The van der Waals surface area contributed by atoms with Gasteiger partial charge in [-0.05, 0) is 43.1 Å². The van der Waals surface area contributed by atoms with E-state index in [2.05, 4.69) is 10.4 Å². The normalized spacial score (nSPS) is 28.9. The summed E-state index contributed by atoms with van der Waals surface area (Å²) >= 11 is 0. The second-order valence-electron chi connectivity index (χ2n) is 5.86. The third-order valence-corrected chi connectivity index (χ3v) is 4.80. The van der Waals surface area contributed by atoms with Crippen molar-refractivity contribution in [3.8, 4) is 0 Å². The fourth-order valence-corrected chi connectivity index (χ4v) is 3.82. The van der Waals surface area contributed by atoms with Crippen LogP contribution in [-0.4, -0.2) is 22.2 Å². The molecule has 0 aliphatic heterocycles. The number of amides is 1. The fraction of sp³-hybridized carbons (Fsp3) is 0.714. The smallest absolute Gasteiger partial charge is 0.333 e. The van der Waals surface area contributed by atoms with E-state index in [-0.39, 0.29) is 11.6 Å². The summed E-state index contributed by atoms with van der Waals surface area (Å²) in [5, 5.41) is 6.42. The van der Waals surface area contributed by atoms with Crippen molar-refractivity contribution in [3.05, 3.63) is 18.0 Å². The third kappa shape index (κ3) is 2.55. The number of rotatable bonds is 4. The summed E-state index contributed by atoms with van der Waals surface area (Å²) in [5.41, 5.74) is 0.0614. The molecule has 0 spiro atoms. The van der Waals surface area contributed by atoms with Crippen LogP contribution in [0.25, 0.3) is 0 Å². The number of hydrogen-bond acceptors (Lipinski definition) is 2. The largest absolute Gasteiger partial charge is 0.350 e. The van der Waals surface area contributed by atoms with E-state index < -0.39 is 6.55 Å². The Morgan fingerprint density at radius 3 is 3.00 bits per heavy atom. The van der Waals surface area contributed by atoms with Crippen molar-refractivity contribution in [2.24, 2.45) is 17.8 Å². The molecule has 1 aromatic heterocycles. The minimum Gasteiger partial charge on any atom is -0.350 e. The van der Waals surface area contributed by atoms with E-state index in [4.69, 9.17) is 0 Å². The highest BCUT2D eigenvalue weighted by Crippen LogP contribution is 2.47. The van der Waals surface area contributed by atoms with E-state index in [0.717, 1.165) is 18.0 Å². The van der Waals surface area contributed by atoms with E-state index >= 15 is 0 Å². The van der Waals surface area contributed by atoms with E-state index in [1.165, 1.54) is 38.2 Å². The summed E-state index contributed by atoms with van der Waals surface area (Å²) in [5.74, 6) is 1.78. The first-order valence-electron chi connectivity index (χ1n) is 7.26. The van der Waals surface area contributed by atoms with E-state index in [0.29, 0.717) is 17.1 Å². The molecule has 2 fully saturated rings. The molecule has 2 aliphatic carbocycles. The maximum absolute atomic E-state index is 12.4. The van der Waals surface area contributed by atoms with Crippen LogP contribution in [0.1, 0.15) is 49.1 Å². The number of fused-ring (bicyclic) bond motifs is 1. The van der Waals surface area contributed by atoms with Gasteiger partial charge in [0.2, 0.25) is 0 Å². The zero-order valence-corrected chi connectivity index (χ0v) is 11.3. The van der Waals surface area contributed by atoms with Crippen LogP contribution in [0.2, 0.25) is 0 Å². The number of nitrogens with one attached hydrogen (secondary N) is 1. The summed E-state index contributed by atoms with van der Waals surface area (Å²) < 4.78 is 25.3. The third-order valence-electron chi connectivity index (χ3n) is 4.80. The molecule has 1 amide bonds. The Balaban J connectivity index is 1.54. The molecule has 0 radical (unpaired) electrons. The molecule has 0 unspecified atom stereocenters. The van der Waals surface area contributed by atoms with Gasteiger partial charge in [0.25, 0.3) is 5.91 Å². The van der Waals surface area contributed by atoms with Gasteiger partial charge in [0.15, 0.2) is 0 Å². The molecule has 0 bridgehead atoms. The van der Waals surface area contributed by atoms with Gasteiger partial charge in [0.05, 0.1) is 0 Å². The molecule has 4 nitrogen and oxygen atoms in total. The Kier molecular flexibility index (Phi) is 3.72. The molecule has 1 aromatic rings. The van der Waals surface area contributed by atoms with Gasteiger partial charge < -0.3 is 5.32 Å². The summed E-state index contributed by atoms with van der Waals surface area (Å²) in [7, 11) is 0. The summed E-state index contributed by atoms with van der Waals surface area (Å²) in [4.78, 5) is 11.9. The van der Waals surface area contributed by atoms with Crippen molar-refractivity contribution in [2.75, 3.05) is 6.54 Å². The average Bonchev–Trinajstić information content (AvgIpc) is 3.12. The van der Waals surface area contributed by atoms with Crippen LogP contribution in [0.4, 0.5) is 8.78 Å². The van der Waals surface area contributed by atoms with Gasteiger partial charge in [0.1, 0.15) is 5.69 Å². The Morgan fingerprint density at radius 2 is 2.25 bits per heavy atom. The van der Waals surface area contributed by atoms with Gasteiger partial charge in [-0.15, -0.1) is 0 Å². The lowest BCUT2D eigenvalue weighted by Gasteiger charge is -2.18. The average molecular weight is 283 g/mol. The Labute approximate surface area is 116 Å². The highest BCUT2D eigenvalue weighted by atomic mass is 19.3. The molecule has 2 aliphatic rings. The first-order valence-corrected chi connectivity index (χ1v) is 7.26. The molecule has 3 rings (SSSR count). The number of carbonyl (C=O) groups is 1. The van der Waals surface area contributed by atoms with Gasteiger partial charge >= 0.3 is 6.55 Å². The van der Waals surface area contributed by atoms with Crippen LogP contribution in [-0.2, 0) is 0 Å². The standard InChI is InChI=1S/C14H19F2N3O/c15-14(16)19-7-6-12(18-19)13(20)17-8-10-5-4-9-2-1-3-11(9)10/h6-7,9-11,14H,1-5,8H2,(H,17,20)/t9-,10+,11-/m0/s1. The summed E-state index contributed by atoms with van der Waals surface area (Å²) in [6.45, 7) is -2.06. The van der Waals surface area contributed by atoms with Gasteiger partial charge in [-0.1, -0.05) is 12.8 Å². The number of alkyl halides is 2. The number of halogens is 2. The summed E-state index contributed by atoms with van der Waals surface area (Å²) in [6, 6.07) is 1.33. The maximum atomic E-state index is 12.4. The van der Waals surface area contributed by atoms with Gasteiger partial charge in [-0.25, -0.2) is 4.68 Å². The van der Waals surface area contributed by atoms with Crippen LogP contribution in [0, 0.1) is 17.8 Å². The zero-order valence-electron chi connectivity index (χ0n) is 11.3. The van der Waals surface area contributed by atoms with E-state index in [9.17, 15) is 13.6 Å². The second kappa shape index (κ2) is 5.50. The van der Waals surface area contributed by atoms with Crippen molar-refractivity contribution in [1.29, 1.82) is 0 Å². The molecule has 20 heavy (non-hydrogen) atoms. The number of nitrogens with zero attached hydrogens (tertiary/aromatic N) is 2. The lowest BCUT2D eigenvalue weighted by Crippen LogP contribution is -2.31. The van der Waals surface area contributed by atoms with Crippen molar-refractivity contribution in [2.45, 2.75) is 38.7 Å². The topological polar surface area (TPSA) is 46.9 Å². The zero-order chi connectivity index (χ0) is 14.1. The van der Waals surface area contributed by atoms with Gasteiger partial charge in [-0.3, -0.25) is 4.79 Å². The molecule has 110 valence electrons. The molecule has 1 heterocycles. The maximum Gasteiger partial charge on any atom is 0.333 e. The highest BCUT2D eigenvalue weighted by molar-refractivity contribution is 5.92. The van der Waals surface area contributed by atoms with Crippen LogP contribution < -0.4 is 5.32 Å². The monoisotopic (exact) mass is 283 g/mol. The van der Waals surface area contributed by atoms with Crippen molar-refractivity contribution in [1.82, 2.24) is 15.1 Å². The molecule has 0 aromatic carbocycles. The Morgan fingerprint density at radius 1 is 1.40 bits per heavy atom. The predicted molar refractivity (Wildman–Crippen MR) is 69.4 cm³/mol. The SMILES string of the molecule is O=C(NC[C@H]1CC[C@@H]2CCC[C@@H]21)c1ccn(C(F)F)n1. The molecule has 6 heteroatoms. The van der Waals surface area contributed by atoms with Crippen LogP contribution in [0.5, 0.6) is 0 Å². The first-order chi connectivity index (χ1) is 9.65. The van der Waals surface area contributed by atoms with Gasteiger partial charge in [0, 0.05) is 12.7 Å². The lowest BCUT2D eigenvalue weighted by atomic mass is 9.92. The Hall–Kier alpha value is -1.46. The number of carbonyl (C=O) groups excluding carboxylic acids is 1. The number of aromatic nitrogens is 2.